The Kier molecular flexibility index (Phi) is 4.40. The SMILES string of the molecule is COc1cccc(S(=O)(=O)c2ccc3c(c2)[C@@H]2CCNCC[C@@H]2N3C)c1. The van der Waals surface area contributed by atoms with Crippen LogP contribution in [0, 0.1) is 0 Å². The van der Waals surface area contributed by atoms with Crippen LogP contribution < -0.4 is 15.0 Å². The van der Waals surface area contributed by atoms with E-state index in [4.69, 9.17) is 4.74 Å². The van der Waals surface area contributed by atoms with Crippen LogP contribution in [-0.2, 0) is 9.84 Å². The van der Waals surface area contributed by atoms with Gasteiger partial charge in [0.1, 0.15) is 5.75 Å². The Morgan fingerprint density at radius 2 is 1.85 bits per heavy atom. The molecule has 0 unspecified atom stereocenters. The summed E-state index contributed by atoms with van der Waals surface area (Å²) in [6.45, 7) is 1.98. The highest BCUT2D eigenvalue weighted by atomic mass is 32.2. The summed E-state index contributed by atoms with van der Waals surface area (Å²) in [7, 11) is 0.0833. The van der Waals surface area contributed by atoms with E-state index in [2.05, 4.69) is 17.3 Å². The fourth-order valence-corrected chi connectivity index (χ4v) is 5.58. The standard InChI is InChI=1S/C20H24N2O3S/c1-22-19-7-6-16(13-18(19)17-8-10-21-11-9-20(17)22)26(23,24)15-5-3-4-14(12-15)25-2/h3-7,12-13,17,20-21H,8-11H2,1-2H3/t17-,20-/m0/s1. The maximum absolute atomic E-state index is 13.1. The molecule has 2 heterocycles. The second-order valence-corrected chi connectivity index (χ2v) is 8.96. The number of benzene rings is 2. The molecule has 2 atom stereocenters. The maximum atomic E-state index is 13.1. The summed E-state index contributed by atoms with van der Waals surface area (Å²) in [4.78, 5) is 2.94. The van der Waals surface area contributed by atoms with Crippen molar-refractivity contribution >= 4 is 15.5 Å². The summed E-state index contributed by atoms with van der Waals surface area (Å²) in [6, 6.07) is 12.7. The van der Waals surface area contributed by atoms with E-state index in [0.29, 0.717) is 22.6 Å². The quantitative estimate of drug-likeness (QED) is 0.898. The van der Waals surface area contributed by atoms with Gasteiger partial charge in [0.2, 0.25) is 9.84 Å². The van der Waals surface area contributed by atoms with E-state index in [9.17, 15) is 8.42 Å². The first-order valence-electron chi connectivity index (χ1n) is 8.99. The van der Waals surface area contributed by atoms with Gasteiger partial charge in [-0.3, -0.25) is 0 Å². The van der Waals surface area contributed by atoms with Gasteiger partial charge < -0.3 is 15.0 Å². The summed E-state index contributed by atoms with van der Waals surface area (Å²) >= 11 is 0. The fourth-order valence-electron chi connectivity index (χ4n) is 4.25. The zero-order valence-electron chi connectivity index (χ0n) is 15.1. The largest absolute Gasteiger partial charge is 0.497 e. The van der Waals surface area contributed by atoms with E-state index in [0.717, 1.165) is 37.2 Å². The molecule has 0 spiro atoms. The minimum Gasteiger partial charge on any atom is -0.497 e. The number of nitrogens with one attached hydrogen (secondary N) is 1. The number of sulfone groups is 1. The molecule has 1 fully saturated rings. The average Bonchev–Trinajstić information content (AvgIpc) is 2.83. The minimum absolute atomic E-state index is 0.266. The number of ether oxygens (including phenoxy) is 1. The third-order valence-electron chi connectivity index (χ3n) is 5.65. The molecule has 2 aromatic rings. The predicted octanol–water partition coefficient (Wildman–Crippen LogP) is 2.81. The normalized spacial score (nSPS) is 22.5. The molecule has 0 aliphatic carbocycles. The Morgan fingerprint density at radius 3 is 2.65 bits per heavy atom. The predicted molar refractivity (Wildman–Crippen MR) is 102 cm³/mol. The summed E-state index contributed by atoms with van der Waals surface area (Å²) in [5.74, 6) is 0.923. The van der Waals surface area contributed by atoms with Gasteiger partial charge in [0.15, 0.2) is 0 Å². The smallest absolute Gasteiger partial charge is 0.206 e. The Morgan fingerprint density at radius 1 is 1.08 bits per heavy atom. The molecule has 0 radical (unpaired) electrons. The lowest BCUT2D eigenvalue weighted by atomic mass is 9.91. The van der Waals surface area contributed by atoms with Gasteiger partial charge in [-0.05, 0) is 67.9 Å². The highest BCUT2D eigenvalue weighted by Crippen LogP contribution is 2.45. The van der Waals surface area contributed by atoms with E-state index >= 15 is 0 Å². The van der Waals surface area contributed by atoms with E-state index in [-0.39, 0.29) is 4.90 Å². The molecule has 0 amide bonds. The highest BCUT2D eigenvalue weighted by molar-refractivity contribution is 7.91. The van der Waals surface area contributed by atoms with Gasteiger partial charge in [-0.1, -0.05) is 6.07 Å². The lowest BCUT2D eigenvalue weighted by Gasteiger charge is -2.24. The van der Waals surface area contributed by atoms with Crippen LogP contribution in [-0.4, -0.2) is 41.7 Å². The van der Waals surface area contributed by atoms with Gasteiger partial charge in [0, 0.05) is 24.7 Å². The molecule has 2 aliphatic heterocycles. The molecule has 1 saturated heterocycles. The lowest BCUT2D eigenvalue weighted by molar-refractivity contribution is 0.413. The molecular formula is C20H24N2O3S. The van der Waals surface area contributed by atoms with Crippen molar-refractivity contribution in [2.75, 3.05) is 32.1 Å². The molecule has 138 valence electrons. The van der Waals surface area contributed by atoms with Crippen LogP contribution in [0.1, 0.15) is 24.3 Å². The molecule has 1 N–H and O–H groups in total. The minimum atomic E-state index is -3.57. The van der Waals surface area contributed by atoms with Crippen molar-refractivity contribution in [3.05, 3.63) is 48.0 Å². The van der Waals surface area contributed by atoms with E-state index in [1.807, 2.05) is 12.1 Å². The van der Waals surface area contributed by atoms with Crippen molar-refractivity contribution in [2.45, 2.75) is 34.6 Å². The second kappa shape index (κ2) is 6.59. The number of fused-ring (bicyclic) bond motifs is 3. The molecule has 5 nitrogen and oxygen atoms in total. The van der Waals surface area contributed by atoms with E-state index < -0.39 is 9.84 Å². The molecule has 0 saturated carbocycles. The number of hydrogen-bond donors (Lipinski definition) is 1. The van der Waals surface area contributed by atoms with Crippen LogP contribution >= 0.6 is 0 Å². The van der Waals surface area contributed by atoms with Gasteiger partial charge in [0.25, 0.3) is 0 Å². The first-order valence-corrected chi connectivity index (χ1v) is 10.5. The molecule has 0 aromatic heterocycles. The third kappa shape index (κ3) is 2.77. The summed E-state index contributed by atoms with van der Waals surface area (Å²) in [6.07, 6.45) is 2.11. The van der Waals surface area contributed by atoms with Crippen LogP contribution in [0.5, 0.6) is 5.75 Å². The fraction of sp³-hybridized carbons (Fsp3) is 0.400. The van der Waals surface area contributed by atoms with Crippen molar-refractivity contribution < 1.29 is 13.2 Å². The monoisotopic (exact) mass is 372 g/mol. The Balaban J connectivity index is 1.77. The first kappa shape index (κ1) is 17.4. The Bertz CT molecular complexity index is 926. The first-order chi connectivity index (χ1) is 12.5. The number of hydrogen-bond acceptors (Lipinski definition) is 5. The summed E-state index contributed by atoms with van der Waals surface area (Å²) < 4.78 is 31.4. The number of nitrogens with zero attached hydrogens (tertiary/aromatic N) is 1. The van der Waals surface area contributed by atoms with Crippen LogP contribution in [0.15, 0.2) is 52.3 Å². The highest BCUT2D eigenvalue weighted by Gasteiger charge is 2.37. The van der Waals surface area contributed by atoms with Crippen LogP contribution in [0.25, 0.3) is 0 Å². The maximum Gasteiger partial charge on any atom is 0.206 e. The van der Waals surface area contributed by atoms with Crippen molar-refractivity contribution in [3.63, 3.8) is 0 Å². The van der Waals surface area contributed by atoms with E-state index in [1.165, 1.54) is 7.11 Å². The number of anilines is 1. The van der Waals surface area contributed by atoms with Crippen molar-refractivity contribution in [1.29, 1.82) is 0 Å². The van der Waals surface area contributed by atoms with Gasteiger partial charge >= 0.3 is 0 Å². The van der Waals surface area contributed by atoms with E-state index in [1.54, 1.807) is 30.3 Å². The molecule has 0 bridgehead atoms. The molecule has 6 heteroatoms. The topological polar surface area (TPSA) is 58.6 Å². The van der Waals surface area contributed by atoms with Crippen LogP contribution in [0.2, 0.25) is 0 Å². The molecule has 2 aromatic carbocycles. The third-order valence-corrected chi connectivity index (χ3v) is 7.40. The Hall–Kier alpha value is -2.05. The molecule has 26 heavy (non-hydrogen) atoms. The average molecular weight is 372 g/mol. The lowest BCUT2D eigenvalue weighted by Crippen LogP contribution is -2.30. The summed E-state index contributed by atoms with van der Waals surface area (Å²) in [5.41, 5.74) is 2.32. The van der Waals surface area contributed by atoms with Crippen LogP contribution in [0.4, 0.5) is 5.69 Å². The number of rotatable bonds is 3. The summed E-state index contributed by atoms with van der Waals surface area (Å²) in [5, 5.41) is 3.45. The van der Waals surface area contributed by atoms with Crippen molar-refractivity contribution in [1.82, 2.24) is 5.32 Å². The van der Waals surface area contributed by atoms with Gasteiger partial charge in [-0.25, -0.2) is 8.42 Å². The second-order valence-electron chi connectivity index (χ2n) is 7.02. The molecule has 2 aliphatic rings. The van der Waals surface area contributed by atoms with Crippen molar-refractivity contribution in [2.24, 2.45) is 0 Å². The van der Waals surface area contributed by atoms with Gasteiger partial charge in [0.05, 0.1) is 16.9 Å². The zero-order valence-corrected chi connectivity index (χ0v) is 15.9. The Labute approximate surface area is 154 Å². The van der Waals surface area contributed by atoms with Crippen molar-refractivity contribution in [3.8, 4) is 5.75 Å². The zero-order chi connectivity index (χ0) is 18.3. The van der Waals surface area contributed by atoms with Gasteiger partial charge in [-0.2, -0.15) is 0 Å². The molecule has 4 rings (SSSR count). The van der Waals surface area contributed by atoms with Gasteiger partial charge in [-0.15, -0.1) is 0 Å². The number of likely N-dealkylation sites (N-methyl/N-ethyl adjacent to an activating group) is 1. The molecular weight excluding hydrogens is 348 g/mol. The number of methoxy groups -OCH3 is 1. The van der Waals surface area contributed by atoms with Crippen LogP contribution in [0.3, 0.4) is 0 Å².